The molecule has 2 N–H and O–H groups in total. The summed E-state index contributed by atoms with van der Waals surface area (Å²) in [5.74, 6) is -1.41. The maximum Gasteiger partial charge on any atom is 0.337 e. The fourth-order valence-corrected chi connectivity index (χ4v) is 5.85. The summed E-state index contributed by atoms with van der Waals surface area (Å²) in [5, 5.41) is 11.9. The number of amides is 1. The Morgan fingerprint density at radius 1 is 1.14 bits per heavy atom. The minimum atomic E-state index is -1.08. The van der Waals surface area contributed by atoms with E-state index in [4.69, 9.17) is 0 Å². The summed E-state index contributed by atoms with van der Waals surface area (Å²) < 4.78 is 1.56. The molecule has 0 aliphatic rings. The Morgan fingerprint density at radius 3 is 2.05 bits per heavy atom. The molecule has 1 aromatic rings. The number of nitrogens with zero attached hydrogens (tertiary/aromatic N) is 2. The number of aromatic carboxylic acids is 1. The second-order valence-corrected chi connectivity index (χ2v) is 7.37. The fourth-order valence-electron chi connectivity index (χ4n) is 1.45. The second-order valence-electron chi connectivity index (χ2n) is 4.13. The van der Waals surface area contributed by atoms with Gasteiger partial charge in [0.2, 0.25) is 0 Å². The highest BCUT2D eigenvalue weighted by Gasteiger charge is 2.26. The van der Waals surface area contributed by atoms with E-state index in [-0.39, 0.29) is 23.9 Å². The van der Waals surface area contributed by atoms with E-state index in [1.54, 1.807) is 11.2 Å². The molecule has 10 heteroatoms. The number of carboxylic acids is 1. The van der Waals surface area contributed by atoms with Gasteiger partial charge < -0.3 is 15.3 Å². The van der Waals surface area contributed by atoms with E-state index in [1.165, 1.54) is 7.05 Å². The van der Waals surface area contributed by atoms with E-state index >= 15 is 0 Å². The van der Waals surface area contributed by atoms with Crippen molar-refractivity contribution < 1.29 is 14.7 Å². The number of aliphatic imine (C=N–C) groups is 1. The number of carbonyl (C=O) groups is 2. The first-order valence-corrected chi connectivity index (χ1v) is 8.82. The van der Waals surface area contributed by atoms with Crippen molar-refractivity contribution in [2.75, 3.05) is 21.1 Å². The number of carbonyl (C=O) groups excluding carboxylic acids is 1. The second kappa shape index (κ2) is 9.42. The van der Waals surface area contributed by atoms with Crippen LogP contribution in [0.2, 0.25) is 0 Å². The topological polar surface area (TPSA) is 82.0 Å². The minimum absolute atomic E-state index is 0. The van der Waals surface area contributed by atoms with Crippen LogP contribution in [0.3, 0.4) is 0 Å². The lowest BCUT2D eigenvalue weighted by atomic mass is 10.1. The molecule has 1 amide bonds. The molecule has 0 spiro atoms. The van der Waals surface area contributed by atoms with E-state index in [2.05, 4.69) is 10.3 Å². The number of rotatable bonds is 4. The first-order chi connectivity index (χ1) is 9.72. The smallest absolute Gasteiger partial charge is 0.337 e. The van der Waals surface area contributed by atoms with Crippen LogP contribution in [0.5, 0.6) is 0 Å². The number of halogens is 4. The van der Waals surface area contributed by atoms with Crippen molar-refractivity contribution in [3.05, 3.63) is 21.8 Å². The average molecular weight is 663 g/mol. The Morgan fingerprint density at radius 2 is 1.64 bits per heavy atom. The molecule has 0 fully saturated rings. The number of hydrogen-bond donors (Lipinski definition) is 2. The van der Waals surface area contributed by atoms with Crippen LogP contribution in [-0.2, 0) is 0 Å². The number of nitrogens with one attached hydrogen (secondary N) is 1. The van der Waals surface area contributed by atoms with Gasteiger partial charge in [0.25, 0.3) is 5.91 Å². The lowest BCUT2D eigenvalue weighted by Crippen LogP contribution is -2.22. The quantitative estimate of drug-likeness (QED) is 0.295. The van der Waals surface area contributed by atoms with Gasteiger partial charge in [0, 0.05) is 24.7 Å². The molecule has 0 unspecified atom stereocenters. The molecular weight excluding hydrogens is 650 g/mol. The minimum Gasteiger partial charge on any atom is -0.478 e. The van der Waals surface area contributed by atoms with Crippen molar-refractivity contribution >= 4 is 104 Å². The van der Waals surface area contributed by atoms with Crippen LogP contribution in [0.25, 0.3) is 0 Å². The van der Waals surface area contributed by atoms with Gasteiger partial charge in [0.15, 0.2) is 0 Å². The van der Waals surface area contributed by atoms with Gasteiger partial charge in [0.1, 0.15) is 0 Å². The summed E-state index contributed by atoms with van der Waals surface area (Å²) in [6.07, 6.45) is 1.58. The summed E-state index contributed by atoms with van der Waals surface area (Å²) in [6.45, 7) is 0. The third kappa shape index (κ3) is 4.80. The third-order valence-electron chi connectivity index (χ3n) is 2.38. The first kappa shape index (κ1) is 22.1. The van der Waals surface area contributed by atoms with Gasteiger partial charge >= 0.3 is 5.97 Å². The third-order valence-corrected chi connectivity index (χ3v) is 5.56. The molecule has 0 aromatic heterocycles. The van der Waals surface area contributed by atoms with Crippen molar-refractivity contribution in [3.63, 3.8) is 0 Å². The summed E-state index contributed by atoms with van der Waals surface area (Å²) in [5.41, 5.74) is 0.921. The molecular formula is C12H13ClI3N3O3. The van der Waals surface area contributed by atoms with Gasteiger partial charge in [-0.1, -0.05) is 0 Å². The lowest BCUT2D eigenvalue weighted by Gasteiger charge is -2.14. The van der Waals surface area contributed by atoms with Gasteiger partial charge in [-0.25, -0.2) is 9.79 Å². The summed E-state index contributed by atoms with van der Waals surface area (Å²) in [7, 11) is 5.14. The van der Waals surface area contributed by atoms with Crippen LogP contribution in [0.4, 0.5) is 5.69 Å². The maximum atomic E-state index is 12.1. The molecule has 0 saturated carbocycles. The summed E-state index contributed by atoms with van der Waals surface area (Å²) in [4.78, 5) is 29.6. The first-order valence-electron chi connectivity index (χ1n) is 5.58. The summed E-state index contributed by atoms with van der Waals surface area (Å²) in [6, 6.07) is 0. The number of hydrogen-bond acceptors (Lipinski definition) is 3. The van der Waals surface area contributed by atoms with Gasteiger partial charge in [-0.15, -0.1) is 12.4 Å². The highest BCUT2D eigenvalue weighted by Crippen LogP contribution is 2.37. The zero-order valence-corrected chi connectivity index (χ0v) is 19.1. The molecule has 0 atom stereocenters. The van der Waals surface area contributed by atoms with Gasteiger partial charge in [-0.2, -0.15) is 0 Å². The van der Waals surface area contributed by atoms with Crippen molar-refractivity contribution in [3.8, 4) is 0 Å². The van der Waals surface area contributed by atoms with E-state index < -0.39 is 5.97 Å². The largest absolute Gasteiger partial charge is 0.478 e. The molecule has 122 valence electrons. The molecule has 0 saturated heterocycles. The highest BCUT2D eigenvalue weighted by molar-refractivity contribution is 14.1. The molecule has 22 heavy (non-hydrogen) atoms. The number of benzene rings is 1. The van der Waals surface area contributed by atoms with Crippen LogP contribution < -0.4 is 5.32 Å². The lowest BCUT2D eigenvalue weighted by molar-refractivity contribution is 0.0694. The maximum absolute atomic E-state index is 12.1. The SMILES string of the molecule is CNC(=O)c1c(I)c(N=CN(C)C)c(I)c(C(=O)O)c1I.Cl. The van der Waals surface area contributed by atoms with Crippen LogP contribution in [-0.4, -0.2) is 49.4 Å². The van der Waals surface area contributed by atoms with Gasteiger partial charge in [-0.3, -0.25) is 4.79 Å². The predicted octanol–water partition coefficient (Wildman–Crippen LogP) is 3.20. The highest BCUT2D eigenvalue weighted by atomic mass is 127. The molecule has 0 radical (unpaired) electrons. The normalized spacial score (nSPS) is 10.3. The monoisotopic (exact) mass is 663 g/mol. The molecule has 0 bridgehead atoms. The van der Waals surface area contributed by atoms with Gasteiger partial charge in [0.05, 0.1) is 30.3 Å². The average Bonchev–Trinajstić information content (AvgIpc) is 2.37. The molecule has 0 aliphatic heterocycles. The molecule has 0 aliphatic carbocycles. The van der Waals surface area contributed by atoms with E-state index in [0.717, 1.165) is 0 Å². The zero-order chi connectivity index (χ0) is 16.3. The Balaban J connectivity index is 0.00000441. The van der Waals surface area contributed by atoms with Crippen LogP contribution in [0.15, 0.2) is 4.99 Å². The van der Waals surface area contributed by atoms with Gasteiger partial charge in [-0.05, 0) is 67.8 Å². The Kier molecular flexibility index (Phi) is 9.46. The standard InChI is InChI=1S/C12H12I3N3O3.ClH/c1-16-11(19)5-7(13)6(12(20)21)9(15)10(8(5)14)17-4-18(2)3;/h4H,1-3H3,(H,16,19)(H,20,21);1H. The van der Waals surface area contributed by atoms with Crippen molar-refractivity contribution in [2.45, 2.75) is 0 Å². The van der Waals surface area contributed by atoms with E-state index in [9.17, 15) is 14.7 Å². The molecule has 1 rings (SSSR count). The molecule has 0 heterocycles. The molecule has 6 nitrogen and oxygen atoms in total. The predicted molar refractivity (Wildman–Crippen MR) is 114 cm³/mol. The van der Waals surface area contributed by atoms with Crippen molar-refractivity contribution in [1.82, 2.24) is 10.2 Å². The Bertz CT molecular complexity index is 636. The molecule has 1 aromatic carbocycles. The van der Waals surface area contributed by atoms with Crippen LogP contribution >= 0.6 is 80.2 Å². The van der Waals surface area contributed by atoms with Crippen molar-refractivity contribution in [2.24, 2.45) is 4.99 Å². The van der Waals surface area contributed by atoms with E-state index in [0.29, 0.717) is 22.0 Å². The van der Waals surface area contributed by atoms with E-state index in [1.807, 2.05) is 81.9 Å². The fraction of sp³-hybridized carbons (Fsp3) is 0.250. The van der Waals surface area contributed by atoms with Crippen LogP contribution in [0, 0.1) is 10.7 Å². The Labute approximate surface area is 175 Å². The van der Waals surface area contributed by atoms with Crippen molar-refractivity contribution in [1.29, 1.82) is 0 Å². The Hall–Kier alpha value is 0.110. The number of carboxylic acid groups (broad SMARTS) is 1. The zero-order valence-electron chi connectivity index (χ0n) is 11.8. The van der Waals surface area contributed by atoms with Crippen LogP contribution in [0.1, 0.15) is 20.7 Å². The summed E-state index contributed by atoms with van der Waals surface area (Å²) >= 11 is 5.86.